The number of fused-ring (bicyclic) bond motifs is 1. The molecule has 0 unspecified atom stereocenters. The minimum absolute atomic E-state index is 0.208. The van der Waals surface area contributed by atoms with E-state index in [1.165, 1.54) is 0 Å². The van der Waals surface area contributed by atoms with Gasteiger partial charge in [0.2, 0.25) is 5.91 Å². The topological polar surface area (TPSA) is 38.3 Å². The molecule has 0 bridgehead atoms. The van der Waals surface area contributed by atoms with Crippen molar-refractivity contribution in [3.8, 4) is 5.75 Å². The lowest BCUT2D eigenvalue weighted by Gasteiger charge is -2.08. The van der Waals surface area contributed by atoms with Crippen LogP contribution in [0.2, 0.25) is 1.41 Å². The molecule has 0 saturated heterocycles. The van der Waals surface area contributed by atoms with Crippen molar-refractivity contribution in [1.82, 2.24) is 5.31 Å². The van der Waals surface area contributed by atoms with Gasteiger partial charge in [-0.15, -0.1) is 0 Å². The van der Waals surface area contributed by atoms with Crippen LogP contribution in [0.5, 0.6) is 5.75 Å². The highest BCUT2D eigenvalue weighted by Crippen LogP contribution is 2.24. The van der Waals surface area contributed by atoms with Crippen molar-refractivity contribution < 1.29 is 30.1 Å². The van der Waals surface area contributed by atoms with E-state index in [1.807, 2.05) is 0 Å². The first-order chi connectivity index (χ1) is 14.7. The van der Waals surface area contributed by atoms with Crippen LogP contribution in [0.4, 0.5) is 0 Å². The molecule has 2 aromatic rings. The predicted molar refractivity (Wildman–Crippen MR) is 72.9 cm³/mol. The minimum Gasteiger partial charge on any atom is -0.497 e. The van der Waals surface area contributed by atoms with Crippen LogP contribution in [-0.4, -0.2) is 19.5 Å². The van der Waals surface area contributed by atoms with Crippen LogP contribution in [0, 0.1) is 0 Å². The number of nitrogens with one attached hydrogen (secondary N) is 1. The van der Waals surface area contributed by atoms with Crippen LogP contribution in [-0.2, 0) is 11.2 Å². The van der Waals surface area contributed by atoms with Crippen LogP contribution >= 0.6 is 0 Å². The third-order valence-electron chi connectivity index (χ3n) is 2.00. The number of hydrogen-bond donors (Lipinski definition) is 1. The molecule has 0 radical (unpaired) electrons. The molecule has 3 heteroatoms. The summed E-state index contributed by atoms with van der Waals surface area (Å²) in [6.45, 7) is -4.54. The molecule has 0 saturated carbocycles. The average Bonchev–Trinajstić information content (AvgIpc) is 2.64. The van der Waals surface area contributed by atoms with E-state index < -0.39 is 91.1 Å². The predicted octanol–water partition coefficient (Wildman–Crippen LogP) is 2.53. The largest absolute Gasteiger partial charge is 0.497 e. The van der Waals surface area contributed by atoms with Crippen LogP contribution < -0.4 is 10.0 Å². The van der Waals surface area contributed by atoms with Gasteiger partial charge in [-0.1, -0.05) is 24.2 Å². The zero-order valence-corrected chi connectivity index (χ0v) is 8.97. The van der Waals surface area contributed by atoms with Gasteiger partial charge in [0.1, 0.15) is 5.75 Å². The highest BCUT2D eigenvalue weighted by Gasteiger charge is 2.03. The second-order valence-electron chi connectivity index (χ2n) is 3.10. The van der Waals surface area contributed by atoms with Gasteiger partial charge < -0.3 is 10.0 Å². The van der Waals surface area contributed by atoms with Crippen LogP contribution in [0.1, 0.15) is 31.6 Å². The number of amides is 1. The molecule has 0 atom stereocenters. The minimum atomic E-state index is -3.27. The summed E-state index contributed by atoms with van der Waals surface area (Å²) >= 11 is 0. The quantitative estimate of drug-likeness (QED) is 0.915. The Morgan fingerprint density at radius 2 is 2.50 bits per heavy atom. The smallest absolute Gasteiger partial charge is 0.216 e. The van der Waals surface area contributed by atoms with Crippen molar-refractivity contribution in [3.63, 3.8) is 0 Å². The third-order valence-corrected chi connectivity index (χ3v) is 2.00. The Balaban J connectivity index is 2.94. The van der Waals surface area contributed by atoms with Gasteiger partial charge in [0.05, 0.1) is 19.4 Å². The molecule has 0 heterocycles. The van der Waals surface area contributed by atoms with E-state index >= 15 is 0 Å². The van der Waals surface area contributed by atoms with E-state index in [0.29, 0.717) is 0 Å². The highest BCUT2D eigenvalue weighted by atomic mass is 16.5. The SMILES string of the molecule is [2H]c1c([2H])c(C([2H])([2H])CN([2H])C(=O)C([2H])([2H])[2H])c2c([2H])c(OC([2H])([2H])[2H])c([2H])c([2H])c2c1[2H]. The molecule has 1 amide bonds. The van der Waals surface area contributed by atoms with E-state index in [1.54, 1.807) is 0 Å². The molecule has 3 nitrogen and oxygen atoms in total. The number of ether oxygens (including phenoxy) is 1. The number of benzene rings is 2. The van der Waals surface area contributed by atoms with Gasteiger partial charge in [0.25, 0.3) is 0 Å². The van der Waals surface area contributed by atoms with Crippen LogP contribution in [0.3, 0.4) is 0 Å². The Hall–Kier alpha value is -2.03. The molecular weight excluding hydrogens is 226 g/mol. The molecule has 0 fully saturated rings. The van der Waals surface area contributed by atoms with Gasteiger partial charge >= 0.3 is 0 Å². The molecule has 18 heavy (non-hydrogen) atoms. The number of carbonyl (C=O) groups is 1. The van der Waals surface area contributed by atoms with Gasteiger partial charge in [0.15, 0.2) is 1.41 Å². The fraction of sp³-hybridized carbons (Fsp3) is 0.267. The zero-order chi connectivity index (χ0) is 25.8. The molecule has 0 aliphatic carbocycles. The molecule has 0 spiro atoms. The summed E-state index contributed by atoms with van der Waals surface area (Å²) in [6.07, 6.45) is -2.97. The maximum atomic E-state index is 11.8. The second-order valence-corrected chi connectivity index (χ2v) is 3.10. The molecule has 94 valence electrons. The molecule has 1 N–H and O–H groups in total. The van der Waals surface area contributed by atoms with E-state index in [0.717, 1.165) is 0 Å². The molecule has 0 aliphatic heterocycles. The Morgan fingerprint density at radius 3 is 3.33 bits per heavy atom. The summed E-state index contributed by atoms with van der Waals surface area (Å²) in [5, 5.41) is -1.51. The maximum Gasteiger partial charge on any atom is 0.216 e. The highest BCUT2D eigenvalue weighted by molar-refractivity contribution is 5.87. The van der Waals surface area contributed by atoms with Crippen LogP contribution in [0.15, 0.2) is 36.3 Å². The zero-order valence-electron chi connectivity index (χ0n) is 24.0. The standard InChI is InChI=1S/C15H17NO2/c1-11(17)16-9-8-13-5-3-4-12-6-7-14(18-2)10-15(12)13/h3-7,10H,8-9H2,1-2H3,(H,16,17)/i1D3,2D3,3D,4D,5D,6D,7D,8D2,10D/hD. The van der Waals surface area contributed by atoms with Crippen molar-refractivity contribution in [1.29, 1.82) is 0 Å². The van der Waals surface area contributed by atoms with Gasteiger partial charge in [-0.3, -0.25) is 4.79 Å². The van der Waals surface area contributed by atoms with Crippen molar-refractivity contribution in [2.45, 2.75) is 13.2 Å². The Bertz CT molecular complexity index is 1120. The lowest BCUT2D eigenvalue weighted by molar-refractivity contribution is -0.118. The fourth-order valence-corrected chi connectivity index (χ4v) is 1.26. The number of methoxy groups -OCH3 is 1. The summed E-state index contributed by atoms with van der Waals surface area (Å²) in [5.41, 5.74) is -0.858. The first-order valence-electron chi connectivity index (χ1n) is 12.2. The Kier molecular flexibility index (Phi) is 1.08. The number of rotatable bonds is 4. The molecule has 2 rings (SSSR count). The van der Waals surface area contributed by atoms with E-state index in [9.17, 15) is 4.79 Å². The maximum absolute atomic E-state index is 11.8. The van der Waals surface area contributed by atoms with Gasteiger partial charge in [-0.05, 0) is 34.8 Å². The normalized spacial score (nSPS) is 24.6. The number of carbonyl (C=O) groups excluding carboxylic acids is 1. The monoisotopic (exact) mass is 258 g/mol. The first-order valence-corrected chi connectivity index (χ1v) is 4.76. The lowest BCUT2D eigenvalue weighted by Crippen LogP contribution is -2.22. The van der Waals surface area contributed by atoms with Gasteiger partial charge in [-0.25, -0.2) is 0 Å². The van der Waals surface area contributed by atoms with Crippen molar-refractivity contribution in [2.24, 2.45) is 0 Å². The van der Waals surface area contributed by atoms with Crippen molar-refractivity contribution in [2.75, 3.05) is 13.6 Å². The summed E-state index contributed by atoms with van der Waals surface area (Å²) in [6, 6.07) is -5.39. The Labute approximate surface area is 128 Å². The Morgan fingerprint density at radius 1 is 1.56 bits per heavy atom. The molecule has 0 aromatic heterocycles. The van der Waals surface area contributed by atoms with Crippen molar-refractivity contribution in [3.05, 3.63) is 41.8 Å². The molecule has 0 aliphatic rings. The summed E-state index contributed by atoms with van der Waals surface area (Å²) in [4.78, 5) is 11.8. The summed E-state index contributed by atoms with van der Waals surface area (Å²) in [7, 11) is -3.17. The van der Waals surface area contributed by atoms with Crippen molar-refractivity contribution >= 4 is 16.7 Å². The van der Waals surface area contributed by atoms with Gasteiger partial charge in [0, 0.05) is 20.3 Å². The van der Waals surface area contributed by atoms with Gasteiger partial charge in [-0.2, -0.15) is 0 Å². The summed E-state index contributed by atoms with van der Waals surface area (Å²) < 4.78 is 120. The summed E-state index contributed by atoms with van der Waals surface area (Å²) in [5.74, 6) is -2.69. The fourth-order valence-electron chi connectivity index (χ4n) is 1.26. The molecule has 2 aromatic carbocycles. The second kappa shape index (κ2) is 5.54. The lowest BCUT2D eigenvalue weighted by atomic mass is 10.0. The van der Waals surface area contributed by atoms with E-state index in [-0.39, 0.29) is 5.31 Å². The van der Waals surface area contributed by atoms with E-state index in [4.69, 9.17) is 20.6 Å². The third kappa shape index (κ3) is 2.80. The van der Waals surface area contributed by atoms with Crippen LogP contribution in [0.25, 0.3) is 10.8 Å². The average molecular weight is 258 g/mol. The number of hydrogen-bond acceptors (Lipinski definition) is 2. The first kappa shape index (κ1) is 3.50. The van der Waals surface area contributed by atoms with E-state index in [2.05, 4.69) is 4.74 Å². The molecular formula is C15H17NO2.